The first-order valence-electron chi connectivity index (χ1n) is 10.5. The van der Waals surface area contributed by atoms with Crippen molar-refractivity contribution in [1.82, 2.24) is 0 Å². The van der Waals surface area contributed by atoms with Crippen LogP contribution < -0.4 is 0 Å². The zero-order valence-electron chi connectivity index (χ0n) is 20.1. The first kappa shape index (κ1) is 30.0. The second-order valence-electron chi connectivity index (χ2n) is 8.82. The summed E-state index contributed by atoms with van der Waals surface area (Å²) in [5, 5.41) is 9.69. The third kappa shape index (κ3) is 14.1. The van der Waals surface area contributed by atoms with E-state index in [9.17, 15) is 19.5 Å². The molecule has 0 aromatic rings. The van der Waals surface area contributed by atoms with Crippen LogP contribution in [-0.2, 0) is 43.4 Å². The number of carbonyl (C=O) groups is 3. The van der Waals surface area contributed by atoms with Crippen LogP contribution in [0.2, 0.25) is 0 Å². The standard InChI is InChI=1S/C22H38O10/c1-8-21(4,5)15-22(6,7)20(26)28-12-11-27-19(25)9-10-29-32-17(3)18(24)14-31-30-13-16(2)23/h18,24H,3,8-15H2,1-2,4-7H3. The zero-order valence-corrected chi connectivity index (χ0v) is 20.1. The van der Waals surface area contributed by atoms with Crippen LogP contribution in [0.25, 0.3) is 0 Å². The molecule has 10 heteroatoms. The van der Waals surface area contributed by atoms with Crippen LogP contribution in [0, 0.1) is 10.8 Å². The van der Waals surface area contributed by atoms with Crippen LogP contribution in [-0.4, -0.2) is 62.0 Å². The number of Topliss-reactive ketones (excluding diaryl/α,β-unsaturated/α-hetero) is 1. The van der Waals surface area contributed by atoms with Gasteiger partial charge in [0.05, 0.1) is 11.8 Å². The predicted molar refractivity (Wildman–Crippen MR) is 114 cm³/mol. The Kier molecular flexibility index (Phi) is 14.0. The molecule has 0 saturated heterocycles. The summed E-state index contributed by atoms with van der Waals surface area (Å²) in [6.45, 7) is 13.9. The summed E-state index contributed by atoms with van der Waals surface area (Å²) in [4.78, 5) is 53.3. The van der Waals surface area contributed by atoms with Gasteiger partial charge in [-0.05, 0) is 32.6 Å². The van der Waals surface area contributed by atoms with Crippen molar-refractivity contribution in [1.29, 1.82) is 0 Å². The molecule has 1 atom stereocenters. The van der Waals surface area contributed by atoms with Gasteiger partial charge in [-0.3, -0.25) is 14.4 Å². The van der Waals surface area contributed by atoms with Gasteiger partial charge in [0, 0.05) is 0 Å². The zero-order chi connectivity index (χ0) is 24.8. The Balaban J connectivity index is 3.93. The van der Waals surface area contributed by atoms with Gasteiger partial charge in [0.15, 0.2) is 11.5 Å². The lowest BCUT2D eigenvalue weighted by molar-refractivity contribution is -0.310. The van der Waals surface area contributed by atoms with Gasteiger partial charge in [0.1, 0.15) is 39.1 Å². The van der Waals surface area contributed by atoms with Gasteiger partial charge in [0.2, 0.25) is 0 Å². The van der Waals surface area contributed by atoms with E-state index in [0.717, 1.165) is 6.42 Å². The van der Waals surface area contributed by atoms with Gasteiger partial charge in [-0.1, -0.05) is 33.8 Å². The highest BCUT2D eigenvalue weighted by Gasteiger charge is 2.35. The van der Waals surface area contributed by atoms with Crippen molar-refractivity contribution in [2.75, 3.05) is 33.0 Å². The Bertz CT molecular complexity index is 612. The van der Waals surface area contributed by atoms with Gasteiger partial charge < -0.3 is 19.5 Å². The number of ether oxygens (including phenoxy) is 2. The van der Waals surface area contributed by atoms with E-state index in [0.29, 0.717) is 6.42 Å². The van der Waals surface area contributed by atoms with Gasteiger partial charge in [0.25, 0.3) is 0 Å². The summed E-state index contributed by atoms with van der Waals surface area (Å²) < 4.78 is 10.2. The third-order valence-corrected chi connectivity index (χ3v) is 4.51. The Labute approximate surface area is 190 Å². The molecule has 1 unspecified atom stereocenters. The molecule has 0 radical (unpaired) electrons. The monoisotopic (exact) mass is 462 g/mol. The molecular formula is C22H38O10. The molecule has 1 N–H and O–H groups in total. The Morgan fingerprint density at radius 3 is 2.19 bits per heavy atom. The van der Waals surface area contributed by atoms with Crippen LogP contribution in [0.1, 0.15) is 60.8 Å². The van der Waals surface area contributed by atoms with Gasteiger partial charge in [-0.15, -0.1) is 0 Å². The number of esters is 2. The third-order valence-electron chi connectivity index (χ3n) is 4.51. The van der Waals surface area contributed by atoms with E-state index in [2.05, 4.69) is 37.1 Å². The topological polar surface area (TPSA) is 127 Å². The summed E-state index contributed by atoms with van der Waals surface area (Å²) in [6.07, 6.45) is 0.258. The molecule has 0 aliphatic heterocycles. The van der Waals surface area contributed by atoms with Crippen molar-refractivity contribution < 1.29 is 48.5 Å². The molecule has 0 saturated carbocycles. The van der Waals surface area contributed by atoms with E-state index < -0.39 is 17.5 Å². The predicted octanol–water partition coefficient (Wildman–Crippen LogP) is 2.68. The minimum Gasteiger partial charge on any atom is -0.462 e. The van der Waals surface area contributed by atoms with Crippen LogP contribution in [0.3, 0.4) is 0 Å². The smallest absolute Gasteiger partial charge is 0.311 e. The Hall–Kier alpha value is -2.01. The molecule has 186 valence electrons. The number of rotatable bonds is 18. The average molecular weight is 463 g/mol. The number of carbonyl (C=O) groups excluding carboxylic acids is 3. The maximum atomic E-state index is 12.3. The van der Waals surface area contributed by atoms with Crippen LogP contribution in [0.4, 0.5) is 0 Å². The molecule has 0 rings (SSSR count). The number of ketones is 1. The first-order valence-corrected chi connectivity index (χ1v) is 10.5. The number of aliphatic hydroxyl groups is 1. The van der Waals surface area contributed by atoms with Gasteiger partial charge >= 0.3 is 11.9 Å². The highest BCUT2D eigenvalue weighted by molar-refractivity contribution is 5.76. The maximum absolute atomic E-state index is 12.3. The Morgan fingerprint density at radius 2 is 1.59 bits per heavy atom. The quantitative estimate of drug-likeness (QED) is 0.107. The van der Waals surface area contributed by atoms with Crippen molar-refractivity contribution in [3.8, 4) is 0 Å². The van der Waals surface area contributed by atoms with Crippen LogP contribution in [0.15, 0.2) is 12.3 Å². The fourth-order valence-electron chi connectivity index (χ4n) is 2.58. The molecule has 0 aliphatic carbocycles. The average Bonchev–Trinajstić information content (AvgIpc) is 2.70. The summed E-state index contributed by atoms with van der Waals surface area (Å²) in [5.74, 6) is -1.30. The lowest BCUT2D eigenvalue weighted by atomic mass is 9.74. The van der Waals surface area contributed by atoms with Crippen molar-refractivity contribution >= 4 is 17.7 Å². The minimum atomic E-state index is -1.25. The van der Waals surface area contributed by atoms with Gasteiger partial charge in [-0.25, -0.2) is 9.78 Å². The summed E-state index contributed by atoms with van der Waals surface area (Å²) in [6, 6.07) is 0. The first-order chi connectivity index (χ1) is 14.8. The molecule has 0 fully saturated rings. The molecular weight excluding hydrogens is 424 g/mol. The number of hydrogen-bond donors (Lipinski definition) is 1. The van der Waals surface area contributed by atoms with Crippen LogP contribution in [0.5, 0.6) is 0 Å². The van der Waals surface area contributed by atoms with E-state index in [1.165, 1.54) is 6.92 Å². The minimum absolute atomic E-state index is 0.0225. The largest absolute Gasteiger partial charge is 0.462 e. The molecule has 0 spiro atoms. The van der Waals surface area contributed by atoms with Crippen molar-refractivity contribution in [3.63, 3.8) is 0 Å². The fourth-order valence-corrected chi connectivity index (χ4v) is 2.58. The molecule has 10 nitrogen and oxygen atoms in total. The molecule has 0 aliphatic rings. The molecule has 0 amide bonds. The lowest BCUT2D eigenvalue weighted by Gasteiger charge is -2.32. The summed E-state index contributed by atoms with van der Waals surface area (Å²) in [7, 11) is 0. The van der Waals surface area contributed by atoms with E-state index in [-0.39, 0.29) is 62.4 Å². The summed E-state index contributed by atoms with van der Waals surface area (Å²) in [5.41, 5.74) is -0.610. The van der Waals surface area contributed by atoms with E-state index >= 15 is 0 Å². The van der Waals surface area contributed by atoms with E-state index in [4.69, 9.17) is 19.2 Å². The number of hydrogen-bond acceptors (Lipinski definition) is 10. The highest BCUT2D eigenvalue weighted by Crippen LogP contribution is 2.36. The van der Waals surface area contributed by atoms with E-state index in [1.807, 2.05) is 13.8 Å². The number of aliphatic hydroxyl groups excluding tert-OH is 1. The van der Waals surface area contributed by atoms with E-state index in [1.54, 1.807) is 0 Å². The molecule has 0 aromatic carbocycles. The Morgan fingerprint density at radius 1 is 0.969 bits per heavy atom. The van der Waals surface area contributed by atoms with Gasteiger partial charge in [-0.2, -0.15) is 4.89 Å². The van der Waals surface area contributed by atoms with Crippen molar-refractivity contribution in [3.05, 3.63) is 12.3 Å². The van der Waals surface area contributed by atoms with Crippen molar-refractivity contribution in [2.45, 2.75) is 66.9 Å². The maximum Gasteiger partial charge on any atom is 0.311 e. The highest BCUT2D eigenvalue weighted by atomic mass is 17.2. The molecule has 0 heterocycles. The normalized spacial score (nSPS) is 12.7. The van der Waals surface area contributed by atoms with Crippen molar-refractivity contribution in [2.24, 2.45) is 10.8 Å². The van der Waals surface area contributed by atoms with Crippen LogP contribution >= 0.6 is 0 Å². The molecule has 0 bridgehead atoms. The fraction of sp³-hybridized carbons (Fsp3) is 0.773. The molecule has 32 heavy (non-hydrogen) atoms. The lowest BCUT2D eigenvalue weighted by Crippen LogP contribution is -2.32. The summed E-state index contributed by atoms with van der Waals surface area (Å²) >= 11 is 0. The second kappa shape index (κ2) is 14.9. The SMILES string of the molecule is C=C(OOCCC(=O)OCCOC(=O)C(C)(C)CC(C)(C)CC)C(O)COOCC(C)=O. The second-order valence-corrected chi connectivity index (χ2v) is 8.82. The molecule has 0 aromatic heterocycles.